The molecule has 1 aromatic carbocycles. The number of furan rings is 1. The zero-order valence-corrected chi connectivity index (χ0v) is 17.5. The molecule has 0 spiro atoms. The second-order valence-corrected chi connectivity index (χ2v) is 6.90. The maximum Gasteiger partial charge on any atom is 0.331 e. The summed E-state index contributed by atoms with van der Waals surface area (Å²) in [6, 6.07) is 5.71. The normalized spacial score (nSPS) is 15.2. The van der Waals surface area contributed by atoms with Crippen LogP contribution in [-0.4, -0.2) is 36.0 Å². The highest BCUT2D eigenvalue weighted by atomic mass is 79.9. The van der Waals surface area contributed by atoms with Gasteiger partial charge in [0.2, 0.25) is 0 Å². The van der Waals surface area contributed by atoms with Crippen molar-refractivity contribution < 1.29 is 28.3 Å². The second-order valence-electron chi connectivity index (χ2n) is 6.04. The maximum atomic E-state index is 12.8. The third kappa shape index (κ3) is 4.55. The Balaban J connectivity index is 1.95. The largest absolute Gasteiger partial charge is 0.490 e. The summed E-state index contributed by atoms with van der Waals surface area (Å²) < 4.78 is 16.8. The summed E-state index contributed by atoms with van der Waals surface area (Å²) >= 11 is 3.39. The summed E-state index contributed by atoms with van der Waals surface area (Å²) in [7, 11) is 0. The van der Waals surface area contributed by atoms with Gasteiger partial charge in [0.15, 0.2) is 11.5 Å². The summed E-state index contributed by atoms with van der Waals surface area (Å²) in [5, 5.41) is 2.16. The first-order chi connectivity index (χ1) is 14.4. The zero-order chi connectivity index (χ0) is 21.7. The Kier molecular flexibility index (Phi) is 6.59. The Morgan fingerprint density at radius 2 is 2.10 bits per heavy atom. The monoisotopic (exact) mass is 472 g/mol. The van der Waals surface area contributed by atoms with Gasteiger partial charge in [-0.05, 0) is 58.8 Å². The molecule has 30 heavy (non-hydrogen) atoms. The topological polar surface area (TPSA) is 98.1 Å². The van der Waals surface area contributed by atoms with E-state index in [4.69, 9.17) is 20.3 Å². The number of hydrogen-bond acceptors (Lipinski definition) is 6. The molecule has 0 unspecified atom stereocenters. The van der Waals surface area contributed by atoms with Crippen LogP contribution in [-0.2, 0) is 16.1 Å². The fourth-order valence-corrected chi connectivity index (χ4v) is 3.32. The number of carbonyl (C=O) groups is 3. The Morgan fingerprint density at radius 3 is 2.77 bits per heavy atom. The molecule has 1 aliphatic rings. The first kappa shape index (κ1) is 21.2. The standard InChI is InChI=1S/C21H17BrN2O6/c1-3-7-30-18-16(22)10-13(11-17(18)28-4-2)9-15-19(25)23-21(27)24(20(15)26)12-14-6-5-8-29-14/h1,5-6,8-11H,4,7,12H2,2H3,(H,23,25,27). The molecule has 1 aliphatic heterocycles. The van der Waals surface area contributed by atoms with E-state index in [0.29, 0.717) is 33.9 Å². The average molecular weight is 473 g/mol. The lowest BCUT2D eigenvalue weighted by atomic mass is 10.1. The van der Waals surface area contributed by atoms with Gasteiger partial charge in [-0.2, -0.15) is 0 Å². The molecule has 0 aliphatic carbocycles. The minimum absolute atomic E-state index is 0.0455. The number of carbonyl (C=O) groups excluding carboxylic acids is 3. The molecule has 1 fully saturated rings. The summed E-state index contributed by atoms with van der Waals surface area (Å²) in [6.07, 6.45) is 8.05. The Bertz CT molecular complexity index is 1050. The molecule has 2 heterocycles. The highest BCUT2D eigenvalue weighted by Crippen LogP contribution is 2.37. The number of nitrogens with zero attached hydrogens (tertiary/aromatic N) is 1. The Hall–Kier alpha value is -3.51. The molecule has 0 bridgehead atoms. The van der Waals surface area contributed by atoms with Gasteiger partial charge in [0.1, 0.15) is 17.9 Å². The van der Waals surface area contributed by atoms with E-state index in [9.17, 15) is 14.4 Å². The number of ether oxygens (including phenoxy) is 2. The molecule has 9 heteroatoms. The van der Waals surface area contributed by atoms with Crippen LogP contribution in [0.5, 0.6) is 11.5 Å². The van der Waals surface area contributed by atoms with Crippen LogP contribution in [0.1, 0.15) is 18.2 Å². The number of barbiturate groups is 1. The average Bonchev–Trinajstić information content (AvgIpc) is 3.21. The van der Waals surface area contributed by atoms with Crippen molar-refractivity contribution in [1.82, 2.24) is 10.2 Å². The van der Waals surface area contributed by atoms with Crippen LogP contribution in [0.3, 0.4) is 0 Å². The predicted molar refractivity (Wildman–Crippen MR) is 110 cm³/mol. The number of halogens is 1. The highest BCUT2D eigenvalue weighted by molar-refractivity contribution is 9.10. The van der Waals surface area contributed by atoms with Crippen LogP contribution in [0.15, 0.2) is 45.0 Å². The molecule has 0 saturated carbocycles. The molecule has 4 amide bonds. The van der Waals surface area contributed by atoms with Crippen LogP contribution in [0, 0.1) is 12.3 Å². The van der Waals surface area contributed by atoms with Crippen molar-refractivity contribution in [2.45, 2.75) is 13.5 Å². The molecule has 2 aromatic rings. The van der Waals surface area contributed by atoms with Crippen LogP contribution >= 0.6 is 15.9 Å². The van der Waals surface area contributed by atoms with Crippen LogP contribution < -0.4 is 14.8 Å². The molecular weight excluding hydrogens is 456 g/mol. The van der Waals surface area contributed by atoms with Crippen molar-refractivity contribution in [2.75, 3.05) is 13.2 Å². The van der Waals surface area contributed by atoms with Gasteiger partial charge in [-0.1, -0.05) is 5.92 Å². The van der Waals surface area contributed by atoms with Crippen molar-refractivity contribution in [3.63, 3.8) is 0 Å². The number of terminal acetylenes is 1. The molecular formula is C21H17BrN2O6. The number of urea groups is 1. The minimum Gasteiger partial charge on any atom is -0.490 e. The first-order valence-electron chi connectivity index (χ1n) is 8.88. The third-order valence-corrected chi connectivity index (χ3v) is 4.61. The number of imide groups is 2. The molecule has 0 atom stereocenters. The van der Waals surface area contributed by atoms with Gasteiger partial charge in [-0.3, -0.25) is 19.8 Å². The van der Waals surface area contributed by atoms with E-state index >= 15 is 0 Å². The van der Waals surface area contributed by atoms with Crippen molar-refractivity contribution in [3.8, 4) is 23.8 Å². The lowest BCUT2D eigenvalue weighted by Crippen LogP contribution is -2.53. The van der Waals surface area contributed by atoms with Gasteiger partial charge in [-0.15, -0.1) is 6.42 Å². The zero-order valence-electron chi connectivity index (χ0n) is 15.9. The summed E-state index contributed by atoms with van der Waals surface area (Å²) in [5.74, 6) is 2.06. The number of nitrogens with one attached hydrogen (secondary N) is 1. The fourth-order valence-electron chi connectivity index (χ4n) is 2.75. The van der Waals surface area contributed by atoms with Gasteiger partial charge in [-0.25, -0.2) is 4.79 Å². The first-order valence-corrected chi connectivity index (χ1v) is 9.67. The molecule has 3 rings (SSSR count). The van der Waals surface area contributed by atoms with Gasteiger partial charge < -0.3 is 13.9 Å². The summed E-state index contributed by atoms with van der Waals surface area (Å²) in [5.41, 5.74) is 0.289. The number of benzene rings is 1. The number of hydrogen-bond donors (Lipinski definition) is 1. The van der Waals surface area contributed by atoms with E-state index < -0.39 is 17.8 Å². The van der Waals surface area contributed by atoms with E-state index in [1.54, 1.807) is 31.2 Å². The Morgan fingerprint density at radius 1 is 1.30 bits per heavy atom. The SMILES string of the molecule is C#CCOc1c(Br)cc(C=C2C(=O)NC(=O)N(Cc3ccco3)C2=O)cc1OCC. The molecule has 154 valence electrons. The van der Waals surface area contributed by atoms with Gasteiger partial charge in [0.25, 0.3) is 11.8 Å². The van der Waals surface area contributed by atoms with Crippen molar-refractivity contribution in [2.24, 2.45) is 0 Å². The molecule has 1 aromatic heterocycles. The minimum atomic E-state index is -0.812. The highest BCUT2D eigenvalue weighted by Gasteiger charge is 2.36. The number of rotatable bonds is 7. The lowest BCUT2D eigenvalue weighted by Gasteiger charge is -2.25. The Labute approximate surface area is 180 Å². The van der Waals surface area contributed by atoms with Gasteiger partial charge in [0, 0.05) is 0 Å². The number of amides is 4. The molecule has 8 nitrogen and oxygen atoms in total. The van der Waals surface area contributed by atoms with Crippen molar-refractivity contribution in [3.05, 3.63) is 51.9 Å². The van der Waals surface area contributed by atoms with Crippen LogP contribution in [0.2, 0.25) is 0 Å². The van der Waals surface area contributed by atoms with E-state index in [1.165, 1.54) is 12.3 Å². The van der Waals surface area contributed by atoms with E-state index in [2.05, 4.69) is 27.2 Å². The second kappa shape index (κ2) is 9.33. The van der Waals surface area contributed by atoms with Gasteiger partial charge >= 0.3 is 6.03 Å². The van der Waals surface area contributed by atoms with E-state index in [1.807, 2.05) is 0 Å². The van der Waals surface area contributed by atoms with E-state index in [-0.39, 0.29) is 18.7 Å². The van der Waals surface area contributed by atoms with Crippen molar-refractivity contribution >= 4 is 39.9 Å². The van der Waals surface area contributed by atoms with E-state index in [0.717, 1.165) is 4.90 Å². The van der Waals surface area contributed by atoms with Crippen LogP contribution in [0.25, 0.3) is 6.08 Å². The fraction of sp³-hybridized carbons (Fsp3) is 0.190. The summed E-state index contributed by atoms with van der Waals surface area (Å²) in [4.78, 5) is 38.2. The quantitative estimate of drug-likeness (QED) is 0.377. The van der Waals surface area contributed by atoms with Crippen LogP contribution in [0.4, 0.5) is 4.79 Å². The predicted octanol–water partition coefficient (Wildman–Crippen LogP) is 3.11. The maximum absolute atomic E-state index is 12.8. The molecule has 0 radical (unpaired) electrons. The summed E-state index contributed by atoms with van der Waals surface area (Å²) in [6.45, 7) is 2.11. The van der Waals surface area contributed by atoms with Gasteiger partial charge in [0.05, 0.1) is 23.9 Å². The lowest BCUT2D eigenvalue weighted by molar-refractivity contribution is -0.130. The molecule has 1 saturated heterocycles. The third-order valence-electron chi connectivity index (χ3n) is 4.02. The smallest absolute Gasteiger partial charge is 0.331 e. The molecule has 1 N–H and O–H groups in total. The van der Waals surface area contributed by atoms with Crippen molar-refractivity contribution in [1.29, 1.82) is 0 Å².